The Balaban J connectivity index is 2.37. The van der Waals surface area contributed by atoms with Gasteiger partial charge in [-0.15, -0.1) is 0 Å². The molecule has 2 N–H and O–H groups in total. The summed E-state index contributed by atoms with van der Waals surface area (Å²) in [7, 11) is 0. The molecule has 0 bridgehead atoms. The highest BCUT2D eigenvalue weighted by molar-refractivity contribution is 5.91. The van der Waals surface area contributed by atoms with E-state index in [2.05, 4.69) is 15.5 Å². The number of aromatic amines is 1. The first-order valence-electron chi connectivity index (χ1n) is 5.17. The van der Waals surface area contributed by atoms with Gasteiger partial charge in [-0.1, -0.05) is 13.8 Å². The molecule has 0 atom stereocenters. The van der Waals surface area contributed by atoms with E-state index < -0.39 is 0 Å². The summed E-state index contributed by atoms with van der Waals surface area (Å²) in [6.07, 6.45) is 3.46. The number of aromatic nitrogens is 2. The zero-order valence-electron chi connectivity index (χ0n) is 9.17. The first-order valence-corrected chi connectivity index (χ1v) is 5.17. The number of hydrogen-bond donors (Lipinski definition) is 2. The van der Waals surface area contributed by atoms with Crippen LogP contribution in [0.4, 0.5) is 5.82 Å². The van der Waals surface area contributed by atoms with E-state index in [1.807, 2.05) is 13.8 Å². The number of rotatable bonds is 6. The highest BCUT2D eigenvalue weighted by Gasteiger charge is 2.07. The summed E-state index contributed by atoms with van der Waals surface area (Å²) in [6, 6.07) is 0. The number of anilines is 1. The van der Waals surface area contributed by atoms with Crippen LogP contribution in [0.25, 0.3) is 0 Å². The van der Waals surface area contributed by atoms with Crippen molar-refractivity contribution in [2.24, 2.45) is 0 Å². The molecule has 0 aliphatic rings. The van der Waals surface area contributed by atoms with Crippen molar-refractivity contribution in [1.29, 1.82) is 0 Å². The van der Waals surface area contributed by atoms with Crippen LogP contribution >= 0.6 is 0 Å². The van der Waals surface area contributed by atoms with Crippen LogP contribution in [-0.2, 0) is 16.0 Å². The van der Waals surface area contributed by atoms with Gasteiger partial charge in [0.2, 0.25) is 0 Å². The summed E-state index contributed by atoms with van der Waals surface area (Å²) in [4.78, 5) is 11.4. The van der Waals surface area contributed by atoms with E-state index in [0.29, 0.717) is 12.4 Å². The van der Waals surface area contributed by atoms with Gasteiger partial charge in [-0.3, -0.25) is 9.89 Å². The molecule has 5 nitrogen and oxygen atoms in total. The highest BCUT2D eigenvalue weighted by atomic mass is 16.5. The average Bonchev–Trinajstić information content (AvgIpc) is 2.65. The number of amides is 1. The fraction of sp³-hybridized carbons (Fsp3) is 0.600. The van der Waals surface area contributed by atoms with Crippen molar-refractivity contribution in [2.75, 3.05) is 18.5 Å². The normalized spacial score (nSPS) is 10.3. The molecule has 1 rings (SSSR count). The SMILES string of the molecule is CCCOCC(=O)Nc1[nH]ncc1CC. The summed E-state index contributed by atoms with van der Waals surface area (Å²) < 4.78 is 5.12. The van der Waals surface area contributed by atoms with Crippen LogP contribution in [0.3, 0.4) is 0 Å². The topological polar surface area (TPSA) is 67.0 Å². The number of aryl methyl sites for hydroxylation is 1. The van der Waals surface area contributed by atoms with Gasteiger partial charge in [-0.25, -0.2) is 0 Å². The average molecular weight is 211 g/mol. The molecule has 0 radical (unpaired) electrons. The molecule has 1 aromatic heterocycles. The Morgan fingerprint density at radius 2 is 2.40 bits per heavy atom. The lowest BCUT2D eigenvalue weighted by molar-refractivity contribution is -0.120. The minimum atomic E-state index is -0.151. The summed E-state index contributed by atoms with van der Waals surface area (Å²) >= 11 is 0. The molecule has 0 aliphatic carbocycles. The highest BCUT2D eigenvalue weighted by Crippen LogP contribution is 2.10. The number of nitrogens with one attached hydrogen (secondary N) is 2. The second kappa shape index (κ2) is 6.19. The monoisotopic (exact) mass is 211 g/mol. The molecule has 0 aromatic carbocycles. The van der Waals surface area contributed by atoms with Crippen LogP contribution in [0.5, 0.6) is 0 Å². The Labute approximate surface area is 89.2 Å². The quantitative estimate of drug-likeness (QED) is 0.698. The maximum atomic E-state index is 11.4. The van der Waals surface area contributed by atoms with Gasteiger partial charge in [0, 0.05) is 12.2 Å². The Kier molecular flexibility index (Phi) is 4.83. The smallest absolute Gasteiger partial charge is 0.251 e. The van der Waals surface area contributed by atoms with Crippen LogP contribution in [0, 0.1) is 0 Å². The zero-order chi connectivity index (χ0) is 11.1. The van der Waals surface area contributed by atoms with E-state index in [4.69, 9.17) is 4.74 Å². The Bertz CT molecular complexity index is 309. The van der Waals surface area contributed by atoms with Crippen molar-refractivity contribution in [3.63, 3.8) is 0 Å². The van der Waals surface area contributed by atoms with E-state index in [1.165, 1.54) is 0 Å². The molecule has 1 amide bonds. The summed E-state index contributed by atoms with van der Waals surface area (Å²) in [6.45, 7) is 4.71. The fourth-order valence-electron chi connectivity index (χ4n) is 1.17. The molecule has 0 saturated heterocycles. The Morgan fingerprint density at radius 3 is 3.07 bits per heavy atom. The van der Waals surface area contributed by atoms with Gasteiger partial charge in [0.15, 0.2) is 0 Å². The van der Waals surface area contributed by atoms with Crippen molar-refractivity contribution in [2.45, 2.75) is 26.7 Å². The molecule has 0 spiro atoms. The number of hydrogen-bond acceptors (Lipinski definition) is 3. The summed E-state index contributed by atoms with van der Waals surface area (Å²) in [5.74, 6) is 0.519. The summed E-state index contributed by atoms with van der Waals surface area (Å²) in [5, 5.41) is 9.32. The first-order chi connectivity index (χ1) is 7.27. The zero-order valence-corrected chi connectivity index (χ0v) is 9.17. The van der Waals surface area contributed by atoms with Crippen LogP contribution in [0.15, 0.2) is 6.20 Å². The molecule has 0 unspecified atom stereocenters. The van der Waals surface area contributed by atoms with Gasteiger partial charge in [-0.05, 0) is 12.8 Å². The molecule has 0 saturated carbocycles. The fourth-order valence-corrected chi connectivity index (χ4v) is 1.17. The molecule has 84 valence electrons. The Hall–Kier alpha value is -1.36. The van der Waals surface area contributed by atoms with E-state index in [0.717, 1.165) is 18.4 Å². The van der Waals surface area contributed by atoms with Crippen molar-refractivity contribution >= 4 is 11.7 Å². The number of nitrogens with zero attached hydrogens (tertiary/aromatic N) is 1. The molecule has 0 aliphatic heterocycles. The maximum absolute atomic E-state index is 11.4. The van der Waals surface area contributed by atoms with Crippen LogP contribution in [0.2, 0.25) is 0 Å². The lowest BCUT2D eigenvalue weighted by Crippen LogP contribution is -2.19. The van der Waals surface area contributed by atoms with Gasteiger partial charge in [0.05, 0.1) is 6.20 Å². The van der Waals surface area contributed by atoms with Crippen LogP contribution < -0.4 is 5.32 Å². The second-order valence-electron chi connectivity index (χ2n) is 3.22. The van der Waals surface area contributed by atoms with Crippen molar-refractivity contribution in [1.82, 2.24) is 10.2 Å². The van der Waals surface area contributed by atoms with E-state index >= 15 is 0 Å². The van der Waals surface area contributed by atoms with Crippen molar-refractivity contribution < 1.29 is 9.53 Å². The maximum Gasteiger partial charge on any atom is 0.251 e. The largest absolute Gasteiger partial charge is 0.372 e. The molecule has 0 fully saturated rings. The third kappa shape index (κ3) is 3.71. The van der Waals surface area contributed by atoms with Gasteiger partial charge in [0.1, 0.15) is 12.4 Å². The van der Waals surface area contributed by atoms with E-state index in [9.17, 15) is 4.79 Å². The number of ether oxygens (including phenoxy) is 1. The molecular formula is C10H17N3O2. The Morgan fingerprint density at radius 1 is 1.60 bits per heavy atom. The van der Waals surface area contributed by atoms with E-state index in [-0.39, 0.29) is 12.5 Å². The predicted molar refractivity (Wildman–Crippen MR) is 57.7 cm³/mol. The third-order valence-corrected chi connectivity index (χ3v) is 1.94. The van der Waals surface area contributed by atoms with Gasteiger partial charge >= 0.3 is 0 Å². The number of carbonyl (C=O) groups excluding carboxylic acids is 1. The van der Waals surface area contributed by atoms with Crippen molar-refractivity contribution in [3.05, 3.63) is 11.8 Å². The lowest BCUT2D eigenvalue weighted by atomic mass is 10.2. The number of H-pyrrole nitrogens is 1. The van der Waals surface area contributed by atoms with Crippen LogP contribution in [-0.4, -0.2) is 29.3 Å². The van der Waals surface area contributed by atoms with Gasteiger partial charge in [0.25, 0.3) is 5.91 Å². The molecule has 1 aromatic rings. The van der Waals surface area contributed by atoms with Gasteiger partial charge < -0.3 is 10.1 Å². The summed E-state index contributed by atoms with van der Waals surface area (Å²) in [5.41, 5.74) is 0.999. The van der Waals surface area contributed by atoms with Gasteiger partial charge in [-0.2, -0.15) is 5.10 Å². The van der Waals surface area contributed by atoms with Crippen LogP contribution in [0.1, 0.15) is 25.8 Å². The predicted octanol–water partition coefficient (Wildman–Crippen LogP) is 1.34. The molecular weight excluding hydrogens is 194 g/mol. The molecule has 5 heteroatoms. The second-order valence-corrected chi connectivity index (χ2v) is 3.22. The molecule has 1 heterocycles. The lowest BCUT2D eigenvalue weighted by Gasteiger charge is -2.04. The van der Waals surface area contributed by atoms with E-state index in [1.54, 1.807) is 6.20 Å². The first kappa shape index (κ1) is 11.7. The standard InChI is InChI=1S/C10H17N3O2/c1-3-5-15-7-9(14)12-10-8(4-2)6-11-13-10/h6H,3-5,7H2,1-2H3,(H2,11,12,13,14). The number of carbonyl (C=O) groups is 1. The van der Waals surface area contributed by atoms with Crippen molar-refractivity contribution in [3.8, 4) is 0 Å². The molecule has 15 heavy (non-hydrogen) atoms. The minimum absolute atomic E-state index is 0.0933. The third-order valence-electron chi connectivity index (χ3n) is 1.94. The minimum Gasteiger partial charge on any atom is -0.372 e.